The normalized spacial score (nSPS) is 24.1. The molecule has 2 fully saturated rings. The van der Waals surface area contributed by atoms with Crippen LogP contribution < -0.4 is 10.2 Å². The zero-order valence-electron chi connectivity index (χ0n) is 14.5. The third kappa shape index (κ3) is 4.44. The summed E-state index contributed by atoms with van der Waals surface area (Å²) in [7, 11) is 0. The summed E-state index contributed by atoms with van der Waals surface area (Å²) in [5.74, 6) is 1.30. The van der Waals surface area contributed by atoms with Crippen molar-refractivity contribution in [3.8, 4) is 0 Å². The van der Waals surface area contributed by atoms with Crippen LogP contribution in [0.15, 0.2) is 12.1 Å². The minimum atomic E-state index is -0.184. The molecule has 2 aliphatic rings. The summed E-state index contributed by atoms with van der Waals surface area (Å²) in [5.41, 5.74) is 0.365. The molecule has 6 heteroatoms. The molecular formula is C18H28N4O2. The lowest BCUT2D eigenvalue weighted by Crippen LogP contribution is -2.32. The van der Waals surface area contributed by atoms with Gasteiger partial charge in [0.25, 0.3) is 5.91 Å². The van der Waals surface area contributed by atoms with Crippen LogP contribution in [0.5, 0.6) is 0 Å². The molecule has 1 aliphatic carbocycles. The van der Waals surface area contributed by atoms with Crippen LogP contribution in [0.25, 0.3) is 0 Å². The average molecular weight is 332 g/mol. The number of nitrogens with zero attached hydrogens (tertiary/aromatic N) is 3. The van der Waals surface area contributed by atoms with Crippen molar-refractivity contribution < 1.29 is 9.53 Å². The second-order valence-corrected chi connectivity index (χ2v) is 6.90. The molecule has 2 atom stereocenters. The monoisotopic (exact) mass is 332 g/mol. The molecule has 24 heavy (non-hydrogen) atoms. The number of aromatic nitrogens is 2. The van der Waals surface area contributed by atoms with Crippen molar-refractivity contribution in [3.63, 3.8) is 0 Å². The summed E-state index contributed by atoms with van der Waals surface area (Å²) in [5, 5.41) is 11.1. The standard InChI is InChI=1S/C18H28N4O2/c1-14-6-2-3-7-16(14)24-13-10-19-18(23)15-8-9-17(21-20-15)22-11-4-5-12-22/h8-9,14,16H,2-7,10-13H2,1H3,(H,19,23). The number of ether oxygens (including phenoxy) is 1. The van der Waals surface area contributed by atoms with Gasteiger partial charge in [-0.25, -0.2) is 0 Å². The number of hydrogen-bond donors (Lipinski definition) is 1. The quantitative estimate of drug-likeness (QED) is 0.810. The van der Waals surface area contributed by atoms with Gasteiger partial charge in [-0.1, -0.05) is 19.8 Å². The van der Waals surface area contributed by atoms with Crippen molar-refractivity contribution in [1.29, 1.82) is 0 Å². The van der Waals surface area contributed by atoms with Crippen molar-refractivity contribution in [2.24, 2.45) is 5.92 Å². The first-order valence-electron chi connectivity index (χ1n) is 9.22. The van der Waals surface area contributed by atoms with Crippen LogP contribution in [-0.2, 0) is 4.74 Å². The molecule has 1 aromatic rings. The minimum absolute atomic E-state index is 0.184. The molecule has 2 unspecified atom stereocenters. The van der Waals surface area contributed by atoms with Gasteiger partial charge in [-0.05, 0) is 43.7 Å². The van der Waals surface area contributed by atoms with E-state index < -0.39 is 0 Å². The molecule has 0 radical (unpaired) electrons. The highest BCUT2D eigenvalue weighted by atomic mass is 16.5. The lowest BCUT2D eigenvalue weighted by atomic mass is 9.88. The lowest BCUT2D eigenvalue weighted by molar-refractivity contribution is -0.00295. The summed E-state index contributed by atoms with van der Waals surface area (Å²) >= 11 is 0. The number of anilines is 1. The van der Waals surface area contributed by atoms with Crippen molar-refractivity contribution in [2.45, 2.75) is 51.6 Å². The molecule has 0 spiro atoms. The first-order valence-corrected chi connectivity index (χ1v) is 9.22. The second kappa shape index (κ2) is 8.42. The van der Waals surface area contributed by atoms with Crippen molar-refractivity contribution in [3.05, 3.63) is 17.8 Å². The van der Waals surface area contributed by atoms with E-state index in [4.69, 9.17) is 4.74 Å². The van der Waals surface area contributed by atoms with Crippen LogP contribution in [0.4, 0.5) is 5.82 Å². The largest absolute Gasteiger partial charge is 0.376 e. The Balaban J connectivity index is 1.40. The third-order valence-corrected chi connectivity index (χ3v) is 5.07. The van der Waals surface area contributed by atoms with E-state index in [0.717, 1.165) is 25.3 Å². The Morgan fingerprint density at radius 1 is 1.21 bits per heavy atom. The maximum atomic E-state index is 12.1. The molecule has 3 rings (SSSR count). The van der Waals surface area contributed by atoms with Gasteiger partial charge in [-0.2, -0.15) is 0 Å². The molecule has 1 amide bonds. The fourth-order valence-corrected chi connectivity index (χ4v) is 3.56. The molecular weight excluding hydrogens is 304 g/mol. The summed E-state index contributed by atoms with van der Waals surface area (Å²) in [6.07, 6.45) is 7.68. The van der Waals surface area contributed by atoms with Crippen LogP contribution >= 0.6 is 0 Å². The van der Waals surface area contributed by atoms with E-state index in [-0.39, 0.29) is 5.91 Å². The predicted molar refractivity (Wildman–Crippen MR) is 93.2 cm³/mol. The first kappa shape index (κ1) is 17.1. The van der Waals surface area contributed by atoms with Crippen LogP contribution in [0, 0.1) is 5.92 Å². The van der Waals surface area contributed by atoms with Crippen molar-refractivity contribution in [2.75, 3.05) is 31.1 Å². The van der Waals surface area contributed by atoms with E-state index >= 15 is 0 Å². The number of carbonyl (C=O) groups is 1. The average Bonchev–Trinajstić information content (AvgIpc) is 3.15. The Kier molecular flexibility index (Phi) is 6.01. The van der Waals surface area contributed by atoms with Gasteiger partial charge < -0.3 is 15.0 Å². The Morgan fingerprint density at radius 2 is 2.00 bits per heavy atom. The highest BCUT2D eigenvalue weighted by Gasteiger charge is 2.21. The zero-order chi connectivity index (χ0) is 16.8. The van der Waals surface area contributed by atoms with Crippen LogP contribution in [0.2, 0.25) is 0 Å². The van der Waals surface area contributed by atoms with Gasteiger partial charge >= 0.3 is 0 Å². The Hall–Kier alpha value is -1.69. The topological polar surface area (TPSA) is 67.3 Å². The van der Waals surface area contributed by atoms with Gasteiger partial charge in [-0.3, -0.25) is 4.79 Å². The van der Waals surface area contributed by atoms with Crippen LogP contribution in [-0.4, -0.2) is 48.4 Å². The molecule has 132 valence electrons. The predicted octanol–water partition coefficient (Wildman–Crippen LogP) is 2.40. The molecule has 6 nitrogen and oxygen atoms in total. The number of carbonyl (C=O) groups excluding carboxylic acids is 1. The maximum Gasteiger partial charge on any atom is 0.271 e. The highest BCUT2D eigenvalue weighted by Crippen LogP contribution is 2.26. The Labute approximate surface area is 144 Å². The molecule has 1 N–H and O–H groups in total. The Bertz CT molecular complexity index is 528. The maximum absolute atomic E-state index is 12.1. The van der Waals surface area contributed by atoms with Gasteiger partial charge in [0.15, 0.2) is 11.5 Å². The number of rotatable bonds is 6. The molecule has 1 aliphatic heterocycles. The first-order chi connectivity index (χ1) is 11.7. The van der Waals surface area contributed by atoms with E-state index in [1.807, 2.05) is 6.07 Å². The van der Waals surface area contributed by atoms with Crippen molar-refractivity contribution >= 4 is 11.7 Å². The van der Waals surface area contributed by atoms with Gasteiger partial charge in [0, 0.05) is 19.6 Å². The summed E-state index contributed by atoms with van der Waals surface area (Å²) in [6.45, 7) is 5.37. The van der Waals surface area contributed by atoms with E-state index in [1.54, 1.807) is 6.07 Å². The fraction of sp³-hybridized carbons (Fsp3) is 0.722. The van der Waals surface area contributed by atoms with E-state index in [2.05, 4.69) is 27.3 Å². The van der Waals surface area contributed by atoms with E-state index in [0.29, 0.717) is 30.9 Å². The summed E-state index contributed by atoms with van der Waals surface area (Å²) in [6, 6.07) is 3.63. The zero-order valence-corrected chi connectivity index (χ0v) is 14.5. The van der Waals surface area contributed by atoms with Crippen molar-refractivity contribution in [1.82, 2.24) is 15.5 Å². The smallest absolute Gasteiger partial charge is 0.271 e. The summed E-state index contributed by atoms with van der Waals surface area (Å²) in [4.78, 5) is 14.3. The van der Waals surface area contributed by atoms with Gasteiger partial charge in [0.1, 0.15) is 0 Å². The molecule has 2 heterocycles. The summed E-state index contributed by atoms with van der Waals surface area (Å²) < 4.78 is 5.91. The molecule has 1 saturated carbocycles. The highest BCUT2D eigenvalue weighted by molar-refractivity contribution is 5.92. The lowest BCUT2D eigenvalue weighted by Gasteiger charge is -2.28. The van der Waals surface area contributed by atoms with Gasteiger partial charge in [0.2, 0.25) is 0 Å². The SMILES string of the molecule is CC1CCCCC1OCCNC(=O)c1ccc(N2CCCC2)nn1. The minimum Gasteiger partial charge on any atom is -0.376 e. The van der Waals surface area contributed by atoms with Gasteiger partial charge in [-0.15, -0.1) is 10.2 Å². The number of hydrogen-bond acceptors (Lipinski definition) is 5. The number of amides is 1. The van der Waals surface area contributed by atoms with E-state index in [1.165, 1.54) is 32.1 Å². The van der Waals surface area contributed by atoms with E-state index in [9.17, 15) is 4.79 Å². The molecule has 1 aromatic heterocycles. The molecule has 0 aromatic carbocycles. The second-order valence-electron chi connectivity index (χ2n) is 6.90. The van der Waals surface area contributed by atoms with Crippen LogP contribution in [0.1, 0.15) is 55.9 Å². The van der Waals surface area contributed by atoms with Crippen LogP contribution in [0.3, 0.4) is 0 Å². The number of nitrogens with one attached hydrogen (secondary N) is 1. The third-order valence-electron chi connectivity index (χ3n) is 5.07. The van der Waals surface area contributed by atoms with Gasteiger partial charge in [0.05, 0.1) is 12.7 Å². The molecule has 0 bridgehead atoms. The Morgan fingerprint density at radius 3 is 2.71 bits per heavy atom. The molecule has 1 saturated heterocycles. The fourth-order valence-electron chi connectivity index (χ4n) is 3.56.